The monoisotopic (exact) mass is 283 g/mol. The maximum absolute atomic E-state index is 14.9. The first-order valence-corrected chi connectivity index (χ1v) is 8.47. The van der Waals surface area contributed by atoms with Gasteiger partial charge in [0.05, 0.1) is 0 Å². The molecule has 2 saturated carbocycles. The van der Waals surface area contributed by atoms with Crippen molar-refractivity contribution in [3.8, 4) is 0 Å². The van der Waals surface area contributed by atoms with Gasteiger partial charge in [-0.15, -0.1) is 0 Å². The number of rotatable bonds is 4. The van der Waals surface area contributed by atoms with Gasteiger partial charge in [0.25, 0.3) is 5.91 Å². The van der Waals surface area contributed by atoms with Crippen LogP contribution in [0.3, 0.4) is 0 Å². The van der Waals surface area contributed by atoms with Crippen molar-refractivity contribution in [1.29, 1.82) is 0 Å². The third-order valence-electron chi connectivity index (χ3n) is 5.29. The van der Waals surface area contributed by atoms with Gasteiger partial charge in [-0.05, 0) is 32.1 Å². The van der Waals surface area contributed by atoms with E-state index in [4.69, 9.17) is 0 Å². The molecular weight excluding hydrogens is 253 g/mol. The van der Waals surface area contributed by atoms with Gasteiger partial charge in [0.15, 0.2) is 5.67 Å². The molecule has 0 aliphatic heterocycles. The van der Waals surface area contributed by atoms with Crippen LogP contribution in [-0.4, -0.2) is 29.6 Å². The molecule has 0 aromatic heterocycles. The molecule has 2 aliphatic carbocycles. The molecule has 2 aliphatic rings. The van der Waals surface area contributed by atoms with Crippen LogP contribution < -0.4 is 0 Å². The van der Waals surface area contributed by atoms with Crippen LogP contribution in [0.4, 0.5) is 4.39 Å². The molecule has 0 bridgehead atoms. The molecule has 0 spiro atoms. The Balaban J connectivity index is 1.90. The molecule has 2 fully saturated rings. The number of nitrogens with zero attached hydrogens (tertiary/aromatic N) is 1. The van der Waals surface area contributed by atoms with Crippen molar-refractivity contribution in [2.45, 2.75) is 89.3 Å². The SMILES string of the molecule is CN(C(=O)C(C)(F)CC1CCCCC1)C1CCCCC1. The molecule has 1 atom stereocenters. The standard InChI is InChI=1S/C17H30FNO/c1-17(18,13-14-9-5-3-6-10-14)16(20)19(2)15-11-7-4-8-12-15/h14-15H,3-13H2,1-2H3. The molecule has 1 unspecified atom stereocenters. The first-order valence-electron chi connectivity index (χ1n) is 8.47. The minimum Gasteiger partial charge on any atom is -0.340 e. The first kappa shape index (κ1) is 15.8. The lowest BCUT2D eigenvalue weighted by atomic mass is 9.81. The van der Waals surface area contributed by atoms with E-state index in [0.29, 0.717) is 12.3 Å². The van der Waals surface area contributed by atoms with E-state index >= 15 is 0 Å². The molecule has 0 radical (unpaired) electrons. The van der Waals surface area contributed by atoms with Gasteiger partial charge in [-0.25, -0.2) is 4.39 Å². The zero-order valence-electron chi connectivity index (χ0n) is 13.2. The van der Waals surface area contributed by atoms with Gasteiger partial charge in [-0.1, -0.05) is 51.4 Å². The van der Waals surface area contributed by atoms with Crippen molar-refractivity contribution in [3.63, 3.8) is 0 Å². The number of hydrogen-bond acceptors (Lipinski definition) is 1. The van der Waals surface area contributed by atoms with Crippen LogP contribution in [0.2, 0.25) is 0 Å². The Hall–Kier alpha value is -0.600. The molecule has 0 aromatic rings. The third-order valence-corrected chi connectivity index (χ3v) is 5.29. The highest BCUT2D eigenvalue weighted by Crippen LogP contribution is 2.34. The van der Waals surface area contributed by atoms with Crippen molar-refractivity contribution in [2.24, 2.45) is 5.92 Å². The van der Waals surface area contributed by atoms with Crippen molar-refractivity contribution in [3.05, 3.63) is 0 Å². The van der Waals surface area contributed by atoms with E-state index < -0.39 is 5.67 Å². The summed E-state index contributed by atoms with van der Waals surface area (Å²) in [6.45, 7) is 1.50. The lowest BCUT2D eigenvalue weighted by Gasteiger charge is -2.36. The van der Waals surface area contributed by atoms with Crippen LogP contribution in [0, 0.1) is 5.92 Å². The summed E-state index contributed by atoms with van der Waals surface area (Å²) in [4.78, 5) is 14.2. The van der Waals surface area contributed by atoms with E-state index in [1.54, 1.807) is 11.9 Å². The summed E-state index contributed by atoms with van der Waals surface area (Å²) in [5.74, 6) is 0.123. The van der Waals surface area contributed by atoms with Crippen LogP contribution in [0.5, 0.6) is 0 Å². The summed E-state index contributed by atoms with van der Waals surface area (Å²) in [7, 11) is 1.80. The third kappa shape index (κ3) is 3.95. The van der Waals surface area contributed by atoms with Gasteiger partial charge in [0.2, 0.25) is 0 Å². The largest absolute Gasteiger partial charge is 0.340 e. The molecule has 3 heteroatoms. The lowest BCUT2D eigenvalue weighted by molar-refractivity contribution is -0.145. The zero-order valence-corrected chi connectivity index (χ0v) is 13.2. The van der Waals surface area contributed by atoms with Crippen LogP contribution in [0.25, 0.3) is 0 Å². The number of carbonyl (C=O) groups excluding carboxylic acids is 1. The van der Waals surface area contributed by atoms with Crippen LogP contribution >= 0.6 is 0 Å². The maximum Gasteiger partial charge on any atom is 0.259 e. The van der Waals surface area contributed by atoms with E-state index in [0.717, 1.165) is 25.7 Å². The number of halogens is 1. The minimum absolute atomic E-state index is 0.262. The molecular formula is C17H30FNO. The molecule has 0 N–H and O–H groups in total. The molecule has 0 heterocycles. The van der Waals surface area contributed by atoms with Crippen molar-refractivity contribution in [2.75, 3.05) is 7.05 Å². The molecule has 1 amide bonds. The average molecular weight is 283 g/mol. The predicted molar refractivity (Wildman–Crippen MR) is 80.3 cm³/mol. The van der Waals surface area contributed by atoms with Gasteiger partial charge in [0.1, 0.15) is 0 Å². The van der Waals surface area contributed by atoms with Crippen LogP contribution in [0.15, 0.2) is 0 Å². The van der Waals surface area contributed by atoms with Crippen LogP contribution in [0.1, 0.15) is 77.6 Å². The summed E-state index contributed by atoms with van der Waals surface area (Å²) in [6.07, 6.45) is 12.0. The molecule has 2 nitrogen and oxygen atoms in total. The number of carbonyl (C=O) groups is 1. The Bertz CT molecular complexity index is 317. The van der Waals surface area contributed by atoms with E-state index in [-0.39, 0.29) is 11.9 Å². The predicted octanol–water partition coefficient (Wildman–Crippen LogP) is 4.48. The highest BCUT2D eigenvalue weighted by atomic mass is 19.1. The maximum atomic E-state index is 14.9. The van der Waals surface area contributed by atoms with Crippen molar-refractivity contribution < 1.29 is 9.18 Å². The number of hydrogen-bond donors (Lipinski definition) is 0. The smallest absolute Gasteiger partial charge is 0.259 e. The summed E-state index contributed by atoms with van der Waals surface area (Å²) in [5.41, 5.74) is -1.67. The van der Waals surface area contributed by atoms with Gasteiger partial charge in [-0.2, -0.15) is 0 Å². The Morgan fingerprint density at radius 2 is 1.55 bits per heavy atom. The highest BCUT2D eigenvalue weighted by molar-refractivity contribution is 5.84. The van der Waals surface area contributed by atoms with Gasteiger partial charge < -0.3 is 4.90 Å². The van der Waals surface area contributed by atoms with E-state index in [1.165, 1.54) is 45.4 Å². The fraction of sp³-hybridized carbons (Fsp3) is 0.941. The van der Waals surface area contributed by atoms with Gasteiger partial charge in [-0.3, -0.25) is 4.79 Å². The number of alkyl halides is 1. The van der Waals surface area contributed by atoms with Crippen LogP contribution in [-0.2, 0) is 4.79 Å². The quantitative estimate of drug-likeness (QED) is 0.745. The summed E-state index contributed by atoms with van der Waals surface area (Å²) in [6, 6.07) is 0.262. The topological polar surface area (TPSA) is 20.3 Å². The second-order valence-electron chi connectivity index (χ2n) is 7.11. The summed E-state index contributed by atoms with van der Waals surface area (Å²) < 4.78 is 14.9. The minimum atomic E-state index is -1.67. The van der Waals surface area contributed by atoms with E-state index in [9.17, 15) is 9.18 Å². The average Bonchev–Trinajstić information content (AvgIpc) is 2.47. The van der Waals surface area contributed by atoms with Crippen molar-refractivity contribution >= 4 is 5.91 Å². The Morgan fingerprint density at radius 3 is 2.10 bits per heavy atom. The Labute approximate surface area is 123 Å². The van der Waals surface area contributed by atoms with Gasteiger partial charge in [0, 0.05) is 13.1 Å². The first-order chi connectivity index (χ1) is 9.50. The summed E-state index contributed by atoms with van der Waals surface area (Å²) in [5, 5.41) is 0. The molecule has 2 rings (SSSR count). The molecule has 20 heavy (non-hydrogen) atoms. The fourth-order valence-electron chi connectivity index (χ4n) is 4.02. The fourth-order valence-corrected chi connectivity index (χ4v) is 4.02. The zero-order chi connectivity index (χ0) is 14.6. The van der Waals surface area contributed by atoms with Crippen molar-refractivity contribution in [1.82, 2.24) is 4.90 Å². The molecule has 0 aromatic carbocycles. The Kier molecular flexibility index (Phi) is 5.45. The van der Waals surface area contributed by atoms with Gasteiger partial charge >= 0.3 is 0 Å². The van der Waals surface area contributed by atoms with E-state index in [2.05, 4.69) is 0 Å². The highest BCUT2D eigenvalue weighted by Gasteiger charge is 2.39. The second kappa shape index (κ2) is 6.91. The summed E-state index contributed by atoms with van der Waals surface area (Å²) >= 11 is 0. The lowest BCUT2D eigenvalue weighted by Crippen LogP contribution is -2.48. The Morgan fingerprint density at radius 1 is 1.05 bits per heavy atom. The second-order valence-corrected chi connectivity index (χ2v) is 7.11. The van der Waals surface area contributed by atoms with E-state index in [1.807, 2.05) is 0 Å². The normalized spacial score (nSPS) is 25.1. The molecule has 0 saturated heterocycles. The molecule has 116 valence electrons. The number of amides is 1.